The van der Waals surface area contributed by atoms with Crippen LogP contribution in [0.15, 0.2) is 0 Å². The number of nitrogens with one attached hydrogen (secondary N) is 1. The number of aliphatic hydroxyl groups excluding tert-OH is 1. The van der Waals surface area contributed by atoms with Crippen molar-refractivity contribution in [1.29, 1.82) is 0 Å². The Morgan fingerprint density at radius 2 is 2.39 bits per heavy atom. The zero-order chi connectivity index (χ0) is 13.4. The summed E-state index contributed by atoms with van der Waals surface area (Å²) in [4.78, 5) is 11.6. The van der Waals surface area contributed by atoms with Gasteiger partial charge in [0.1, 0.15) is 0 Å². The Labute approximate surface area is 119 Å². The lowest BCUT2D eigenvalue weighted by atomic mass is 10.1. The van der Waals surface area contributed by atoms with Gasteiger partial charge >= 0.3 is 0 Å². The number of hydrogen-bond acceptors (Lipinski definition) is 5. The second kappa shape index (κ2) is 9.07. The number of thiol groups is 1. The van der Waals surface area contributed by atoms with Crippen LogP contribution >= 0.6 is 24.4 Å². The Balaban J connectivity index is 2.10. The molecular formula is C12H23NO3S2. The number of carbonyl (C=O) groups is 1. The maximum absolute atomic E-state index is 11.6. The Morgan fingerprint density at radius 1 is 1.61 bits per heavy atom. The molecule has 4 nitrogen and oxygen atoms in total. The minimum atomic E-state index is -0.597. The van der Waals surface area contributed by atoms with Gasteiger partial charge in [0.15, 0.2) is 6.29 Å². The van der Waals surface area contributed by atoms with Crippen LogP contribution in [0, 0.1) is 5.92 Å². The van der Waals surface area contributed by atoms with Gasteiger partial charge in [0.2, 0.25) is 5.91 Å². The molecule has 18 heavy (non-hydrogen) atoms. The smallest absolute Gasteiger partial charge is 0.223 e. The first kappa shape index (κ1) is 16.1. The quantitative estimate of drug-likeness (QED) is 0.619. The van der Waals surface area contributed by atoms with E-state index in [-0.39, 0.29) is 17.9 Å². The van der Waals surface area contributed by atoms with Gasteiger partial charge < -0.3 is 15.2 Å². The Kier molecular flexibility index (Phi) is 8.13. The zero-order valence-corrected chi connectivity index (χ0v) is 12.5. The van der Waals surface area contributed by atoms with Crippen LogP contribution in [0.3, 0.4) is 0 Å². The Bertz CT molecular complexity index is 253. The van der Waals surface area contributed by atoms with E-state index in [0.717, 1.165) is 30.8 Å². The van der Waals surface area contributed by atoms with Crippen LogP contribution in [0.2, 0.25) is 0 Å². The standard InChI is InChI=1S/C12H23NO3S2/c1-9(12(15)13-5-6-17)7-18-8-10-3-2-4-11(14)16-10/h9-11,14,17H,2-8H2,1H3,(H,13,15)/t9-,10?,11+/m1/s1. The summed E-state index contributed by atoms with van der Waals surface area (Å²) in [7, 11) is 0. The molecule has 1 unspecified atom stereocenters. The fraction of sp³-hybridized carbons (Fsp3) is 0.917. The third-order valence-electron chi connectivity index (χ3n) is 2.86. The minimum Gasteiger partial charge on any atom is -0.368 e. The van der Waals surface area contributed by atoms with Gasteiger partial charge in [0, 0.05) is 29.7 Å². The van der Waals surface area contributed by atoms with Crippen molar-refractivity contribution in [3.05, 3.63) is 0 Å². The molecule has 0 bridgehead atoms. The van der Waals surface area contributed by atoms with Crippen LogP contribution < -0.4 is 5.32 Å². The molecule has 0 spiro atoms. The molecule has 1 saturated heterocycles. The van der Waals surface area contributed by atoms with Crippen molar-refractivity contribution in [1.82, 2.24) is 5.32 Å². The summed E-state index contributed by atoms with van der Waals surface area (Å²) in [5.74, 6) is 2.39. The third-order valence-corrected chi connectivity index (χ3v) is 4.42. The number of amides is 1. The van der Waals surface area contributed by atoms with Crippen LogP contribution in [0.25, 0.3) is 0 Å². The van der Waals surface area contributed by atoms with E-state index in [1.54, 1.807) is 11.8 Å². The first-order valence-electron chi connectivity index (χ1n) is 6.43. The normalized spacial score (nSPS) is 25.7. The van der Waals surface area contributed by atoms with Gasteiger partial charge in [0.05, 0.1) is 6.10 Å². The minimum absolute atomic E-state index is 0.00315. The van der Waals surface area contributed by atoms with Gasteiger partial charge in [-0.15, -0.1) is 0 Å². The van der Waals surface area contributed by atoms with E-state index in [1.807, 2.05) is 6.92 Å². The van der Waals surface area contributed by atoms with Crippen LogP contribution in [-0.4, -0.2) is 47.2 Å². The summed E-state index contributed by atoms with van der Waals surface area (Å²) in [6.45, 7) is 2.55. The van der Waals surface area contributed by atoms with Crippen LogP contribution in [0.1, 0.15) is 26.2 Å². The predicted molar refractivity (Wildman–Crippen MR) is 78.1 cm³/mol. The van der Waals surface area contributed by atoms with Gasteiger partial charge in [-0.3, -0.25) is 4.79 Å². The van der Waals surface area contributed by atoms with Crippen molar-refractivity contribution < 1.29 is 14.6 Å². The first-order valence-corrected chi connectivity index (χ1v) is 8.22. The number of ether oxygens (including phenoxy) is 1. The highest BCUT2D eigenvalue weighted by molar-refractivity contribution is 7.99. The molecule has 2 N–H and O–H groups in total. The van der Waals surface area contributed by atoms with Gasteiger partial charge in [-0.1, -0.05) is 6.92 Å². The highest BCUT2D eigenvalue weighted by Gasteiger charge is 2.21. The molecule has 0 aromatic carbocycles. The van der Waals surface area contributed by atoms with E-state index in [9.17, 15) is 9.90 Å². The van der Waals surface area contributed by atoms with E-state index in [2.05, 4.69) is 17.9 Å². The van der Waals surface area contributed by atoms with E-state index in [0.29, 0.717) is 12.3 Å². The lowest BCUT2D eigenvalue weighted by Crippen LogP contribution is -2.32. The topological polar surface area (TPSA) is 58.6 Å². The van der Waals surface area contributed by atoms with Gasteiger partial charge in [-0.05, 0) is 19.3 Å². The van der Waals surface area contributed by atoms with Crippen molar-refractivity contribution in [3.63, 3.8) is 0 Å². The molecule has 0 aromatic rings. The monoisotopic (exact) mass is 293 g/mol. The summed E-state index contributed by atoms with van der Waals surface area (Å²) in [6, 6.07) is 0. The van der Waals surface area contributed by atoms with Crippen LogP contribution in [-0.2, 0) is 9.53 Å². The zero-order valence-electron chi connectivity index (χ0n) is 10.8. The highest BCUT2D eigenvalue weighted by Crippen LogP contribution is 2.21. The summed E-state index contributed by atoms with van der Waals surface area (Å²) in [5.41, 5.74) is 0. The van der Waals surface area contributed by atoms with Crippen molar-refractivity contribution >= 4 is 30.3 Å². The summed E-state index contributed by atoms with van der Waals surface area (Å²) < 4.78 is 5.42. The SMILES string of the molecule is C[C@H](CSCC1CCC[C@@H](O)O1)C(=O)NCCS. The number of aliphatic hydroxyl groups is 1. The Hall–Kier alpha value is 0.0900. The van der Waals surface area contributed by atoms with Crippen LogP contribution in [0.4, 0.5) is 0 Å². The molecule has 6 heteroatoms. The second-order valence-electron chi connectivity index (χ2n) is 4.60. The molecule has 1 aliphatic heterocycles. The maximum atomic E-state index is 11.6. The van der Waals surface area contributed by atoms with E-state index in [1.165, 1.54) is 0 Å². The third kappa shape index (κ3) is 6.31. The van der Waals surface area contributed by atoms with Crippen molar-refractivity contribution in [2.75, 3.05) is 23.8 Å². The highest BCUT2D eigenvalue weighted by atomic mass is 32.2. The lowest BCUT2D eigenvalue weighted by molar-refractivity contribution is -0.155. The van der Waals surface area contributed by atoms with E-state index < -0.39 is 6.29 Å². The number of hydrogen-bond donors (Lipinski definition) is 3. The second-order valence-corrected chi connectivity index (χ2v) is 6.12. The fourth-order valence-electron chi connectivity index (χ4n) is 1.81. The largest absolute Gasteiger partial charge is 0.368 e. The summed E-state index contributed by atoms with van der Waals surface area (Å²) >= 11 is 5.77. The van der Waals surface area contributed by atoms with Gasteiger partial charge in [-0.25, -0.2) is 0 Å². The molecule has 1 heterocycles. The number of rotatable bonds is 7. The first-order chi connectivity index (χ1) is 8.63. The molecule has 0 aromatic heterocycles. The molecule has 3 atom stereocenters. The molecule has 1 rings (SSSR count). The molecule has 1 amide bonds. The Morgan fingerprint density at radius 3 is 3.06 bits per heavy atom. The lowest BCUT2D eigenvalue weighted by Gasteiger charge is -2.26. The molecule has 0 saturated carbocycles. The molecule has 0 radical (unpaired) electrons. The number of carbonyl (C=O) groups excluding carboxylic acids is 1. The van der Waals surface area contributed by atoms with Gasteiger partial charge in [-0.2, -0.15) is 24.4 Å². The molecule has 0 aliphatic carbocycles. The summed E-state index contributed by atoms with van der Waals surface area (Å²) in [5, 5.41) is 12.2. The van der Waals surface area contributed by atoms with Crippen molar-refractivity contribution in [3.8, 4) is 0 Å². The fourth-order valence-corrected chi connectivity index (χ4v) is 3.07. The van der Waals surface area contributed by atoms with E-state index >= 15 is 0 Å². The van der Waals surface area contributed by atoms with Crippen molar-refractivity contribution in [2.45, 2.75) is 38.6 Å². The summed E-state index contributed by atoms with van der Waals surface area (Å²) in [6.07, 6.45) is 2.30. The van der Waals surface area contributed by atoms with Crippen LogP contribution in [0.5, 0.6) is 0 Å². The average Bonchev–Trinajstić information content (AvgIpc) is 2.35. The number of thioether (sulfide) groups is 1. The molecule has 106 valence electrons. The van der Waals surface area contributed by atoms with Gasteiger partial charge in [0.25, 0.3) is 0 Å². The average molecular weight is 293 g/mol. The maximum Gasteiger partial charge on any atom is 0.223 e. The van der Waals surface area contributed by atoms with E-state index in [4.69, 9.17) is 4.74 Å². The predicted octanol–water partition coefficient (Wildman–Crippen LogP) is 1.29. The molecular weight excluding hydrogens is 270 g/mol. The molecule has 1 aliphatic rings. The molecule has 1 fully saturated rings. The van der Waals surface area contributed by atoms with Crippen molar-refractivity contribution in [2.24, 2.45) is 5.92 Å².